The predicted molar refractivity (Wildman–Crippen MR) is 68.1 cm³/mol. The van der Waals surface area contributed by atoms with Crippen LogP contribution in [-0.2, 0) is 6.42 Å². The van der Waals surface area contributed by atoms with Gasteiger partial charge in [-0.05, 0) is 38.1 Å². The van der Waals surface area contributed by atoms with E-state index in [0.717, 1.165) is 16.1 Å². The monoisotopic (exact) mass is 237 g/mol. The standard InChI is InChI=1S/C13H16ClNO/c1-9(2)15-12(5-6-16)8-10-7-11(14)3-4-13(10)15/h3-4,7-9,16H,5-6H2,1-2H3. The molecule has 0 saturated heterocycles. The van der Waals surface area contributed by atoms with E-state index in [4.69, 9.17) is 16.7 Å². The van der Waals surface area contributed by atoms with E-state index in [-0.39, 0.29) is 6.61 Å². The molecule has 2 rings (SSSR count). The molecule has 0 aliphatic carbocycles. The molecule has 0 spiro atoms. The Morgan fingerprint density at radius 3 is 2.69 bits per heavy atom. The molecule has 0 bridgehead atoms. The Morgan fingerprint density at radius 2 is 2.06 bits per heavy atom. The Bertz CT molecular complexity index is 502. The summed E-state index contributed by atoms with van der Waals surface area (Å²) in [6, 6.07) is 8.42. The predicted octanol–water partition coefficient (Wildman–Crippen LogP) is 3.41. The molecule has 0 unspecified atom stereocenters. The minimum absolute atomic E-state index is 0.177. The maximum atomic E-state index is 9.07. The van der Waals surface area contributed by atoms with Crippen molar-refractivity contribution in [2.45, 2.75) is 26.3 Å². The van der Waals surface area contributed by atoms with Gasteiger partial charge in [-0.2, -0.15) is 0 Å². The molecule has 1 heterocycles. The van der Waals surface area contributed by atoms with Crippen molar-refractivity contribution < 1.29 is 5.11 Å². The van der Waals surface area contributed by atoms with Gasteiger partial charge in [-0.3, -0.25) is 0 Å². The van der Waals surface area contributed by atoms with Gasteiger partial charge in [0.25, 0.3) is 0 Å². The first-order chi connectivity index (χ1) is 7.63. The highest BCUT2D eigenvalue weighted by molar-refractivity contribution is 6.31. The number of benzene rings is 1. The van der Waals surface area contributed by atoms with Gasteiger partial charge in [0.2, 0.25) is 0 Å². The van der Waals surface area contributed by atoms with Crippen LogP contribution in [0.15, 0.2) is 24.3 Å². The van der Waals surface area contributed by atoms with Crippen molar-refractivity contribution in [3.05, 3.63) is 35.0 Å². The maximum absolute atomic E-state index is 9.07. The van der Waals surface area contributed by atoms with E-state index >= 15 is 0 Å². The van der Waals surface area contributed by atoms with E-state index in [2.05, 4.69) is 24.5 Å². The summed E-state index contributed by atoms with van der Waals surface area (Å²) in [5, 5.41) is 11.0. The summed E-state index contributed by atoms with van der Waals surface area (Å²) in [6.45, 7) is 4.47. The Morgan fingerprint density at radius 1 is 1.31 bits per heavy atom. The molecule has 1 N–H and O–H groups in total. The number of nitrogens with zero attached hydrogens (tertiary/aromatic N) is 1. The first-order valence-electron chi connectivity index (χ1n) is 5.53. The van der Waals surface area contributed by atoms with Crippen molar-refractivity contribution in [1.82, 2.24) is 4.57 Å². The van der Waals surface area contributed by atoms with Crippen LogP contribution in [0.5, 0.6) is 0 Å². The van der Waals surface area contributed by atoms with E-state index in [9.17, 15) is 0 Å². The zero-order chi connectivity index (χ0) is 11.7. The maximum Gasteiger partial charge on any atom is 0.0485 e. The highest BCUT2D eigenvalue weighted by Crippen LogP contribution is 2.26. The third-order valence-electron chi connectivity index (χ3n) is 2.76. The van der Waals surface area contributed by atoms with E-state index < -0.39 is 0 Å². The Hall–Kier alpha value is -0.990. The number of hydrogen-bond donors (Lipinski definition) is 1. The number of aliphatic hydroxyl groups excluding tert-OH is 1. The Labute approximate surface area is 100 Å². The van der Waals surface area contributed by atoms with Gasteiger partial charge in [0, 0.05) is 40.7 Å². The van der Waals surface area contributed by atoms with Gasteiger partial charge in [0.1, 0.15) is 0 Å². The van der Waals surface area contributed by atoms with Crippen molar-refractivity contribution in [1.29, 1.82) is 0 Å². The van der Waals surface area contributed by atoms with Gasteiger partial charge in [-0.15, -0.1) is 0 Å². The van der Waals surface area contributed by atoms with Crippen molar-refractivity contribution in [3.8, 4) is 0 Å². The number of aliphatic hydroxyl groups is 1. The topological polar surface area (TPSA) is 25.2 Å². The number of halogens is 1. The van der Waals surface area contributed by atoms with Gasteiger partial charge in [-0.1, -0.05) is 11.6 Å². The van der Waals surface area contributed by atoms with Crippen LogP contribution in [0.3, 0.4) is 0 Å². The second-order valence-corrected chi connectivity index (χ2v) is 4.71. The van der Waals surface area contributed by atoms with Crippen LogP contribution in [0.4, 0.5) is 0 Å². The summed E-state index contributed by atoms with van der Waals surface area (Å²) < 4.78 is 2.25. The first-order valence-corrected chi connectivity index (χ1v) is 5.91. The SMILES string of the molecule is CC(C)n1c(CCO)cc2cc(Cl)ccc21. The molecule has 2 aromatic rings. The molecule has 3 heteroatoms. The normalized spacial score (nSPS) is 11.6. The highest BCUT2D eigenvalue weighted by Gasteiger charge is 2.10. The molecule has 16 heavy (non-hydrogen) atoms. The van der Waals surface area contributed by atoms with Crippen molar-refractivity contribution in [2.24, 2.45) is 0 Å². The molecule has 0 atom stereocenters. The average molecular weight is 238 g/mol. The van der Waals surface area contributed by atoms with E-state index in [0.29, 0.717) is 12.5 Å². The lowest BCUT2D eigenvalue weighted by atomic mass is 10.2. The van der Waals surface area contributed by atoms with E-state index in [1.165, 1.54) is 5.52 Å². The summed E-state index contributed by atoms with van der Waals surface area (Å²) in [7, 11) is 0. The zero-order valence-corrected chi connectivity index (χ0v) is 10.3. The molecule has 0 fully saturated rings. The van der Waals surface area contributed by atoms with Gasteiger partial charge in [0.05, 0.1) is 0 Å². The number of aromatic nitrogens is 1. The van der Waals surface area contributed by atoms with Crippen molar-refractivity contribution in [2.75, 3.05) is 6.61 Å². The number of hydrogen-bond acceptors (Lipinski definition) is 1. The molecule has 1 aromatic carbocycles. The summed E-state index contributed by atoms with van der Waals surface area (Å²) >= 11 is 5.98. The summed E-state index contributed by atoms with van der Waals surface area (Å²) in [4.78, 5) is 0. The van der Waals surface area contributed by atoms with Crippen LogP contribution in [0.25, 0.3) is 10.9 Å². The van der Waals surface area contributed by atoms with Crippen LogP contribution < -0.4 is 0 Å². The van der Waals surface area contributed by atoms with Crippen LogP contribution in [0.1, 0.15) is 25.6 Å². The summed E-state index contributed by atoms with van der Waals surface area (Å²) in [5.41, 5.74) is 2.35. The van der Waals surface area contributed by atoms with Crippen LogP contribution >= 0.6 is 11.6 Å². The Balaban J connectivity index is 2.65. The van der Waals surface area contributed by atoms with E-state index in [1.54, 1.807) is 0 Å². The number of fused-ring (bicyclic) bond motifs is 1. The molecular weight excluding hydrogens is 222 g/mol. The largest absolute Gasteiger partial charge is 0.396 e. The lowest BCUT2D eigenvalue weighted by Crippen LogP contribution is -2.06. The van der Waals surface area contributed by atoms with Gasteiger partial charge in [-0.25, -0.2) is 0 Å². The third-order valence-corrected chi connectivity index (χ3v) is 3.00. The fraction of sp³-hybridized carbons (Fsp3) is 0.385. The molecule has 1 aromatic heterocycles. The smallest absolute Gasteiger partial charge is 0.0485 e. The van der Waals surface area contributed by atoms with Crippen LogP contribution in [-0.4, -0.2) is 16.3 Å². The quantitative estimate of drug-likeness (QED) is 0.870. The second kappa shape index (κ2) is 4.48. The summed E-state index contributed by atoms with van der Waals surface area (Å²) in [5.74, 6) is 0. The van der Waals surface area contributed by atoms with Gasteiger partial charge in [0.15, 0.2) is 0 Å². The first kappa shape index (κ1) is 11.5. The lowest BCUT2D eigenvalue weighted by Gasteiger charge is -2.14. The fourth-order valence-corrected chi connectivity index (χ4v) is 2.36. The minimum Gasteiger partial charge on any atom is -0.396 e. The fourth-order valence-electron chi connectivity index (χ4n) is 2.18. The Kier molecular flexibility index (Phi) is 3.22. The van der Waals surface area contributed by atoms with Crippen molar-refractivity contribution in [3.63, 3.8) is 0 Å². The molecule has 0 aliphatic rings. The minimum atomic E-state index is 0.177. The summed E-state index contributed by atoms with van der Waals surface area (Å²) in [6.07, 6.45) is 0.685. The molecule has 0 aliphatic heterocycles. The lowest BCUT2D eigenvalue weighted by molar-refractivity contribution is 0.296. The molecule has 2 nitrogen and oxygen atoms in total. The molecule has 0 saturated carbocycles. The van der Waals surface area contributed by atoms with E-state index in [1.807, 2.05) is 18.2 Å². The van der Waals surface area contributed by atoms with Gasteiger partial charge >= 0.3 is 0 Å². The average Bonchev–Trinajstić information content (AvgIpc) is 2.55. The number of rotatable bonds is 3. The molecule has 86 valence electrons. The second-order valence-electron chi connectivity index (χ2n) is 4.28. The molecular formula is C13H16ClNO. The molecule has 0 amide bonds. The zero-order valence-electron chi connectivity index (χ0n) is 9.57. The highest BCUT2D eigenvalue weighted by atomic mass is 35.5. The van der Waals surface area contributed by atoms with Gasteiger partial charge < -0.3 is 9.67 Å². The molecule has 0 radical (unpaired) electrons. The van der Waals surface area contributed by atoms with Crippen LogP contribution in [0.2, 0.25) is 5.02 Å². The van der Waals surface area contributed by atoms with Crippen LogP contribution in [0, 0.1) is 0 Å². The third kappa shape index (κ3) is 1.95. The van der Waals surface area contributed by atoms with Crippen molar-refractivity contribution >= 4 is 22.5 Å².